The van der Waals surface area contributed by atoms with E-state index in [2.05, 4.69) is 217 Å². The van der Waals surface area contributed by atoms with Crippen molar-refractivity contribution in [3.63, 3.8) is 0 Å². The smallest absolute Gasteiger partial charge is 0.0541 e. The molecule has 0 aliphatic carbocycles. The van der Waals surface area contributed by atoms with E-state index in [0.29, 0.717) is 0 Å². The van der Waals surface area contributed by atoms with Gasteiger partial charge in [0.05, 0.1) is 16.6 Å². The lowest BCUT2D eigenvalue weighted by molar-refractivity contribution is 1.10. The van der Waals surface area contributed by atoms with E-state index in [0.717, 1.165) is 17.1 Å². The van der Waals surface area contributed by atoms with E-state index in [4.69, 9.17) is 0 Å². The third kappa shape index (κ3) is 5.59. The highest BCUT2D eigenvalue weighted by atomic mass is 15.0. The fraction of sp³-hybridized carbons (Fsp3) is 0.0189. The molecule has 0 unspecified atom stereocenters. The molecule has 0 spiro atoms. The van der Waals surface area contributed by atoms with Crippen LogP contribution in [-0.4, -0.2) is 9.13 Å². The molecule has 0 fully saturated rings. The maximum absolute atomic E-state index is 4.14. The SMILES string of the molecule is C=Cc1c(C)c2ccccc2n1-c1ccc(-c2cccc(-c3cc(-c4ccccc4)cc(-c4ccc(-n5c6ccccc6c6ccccc65)cc4)c3)c2)cc1. The second-order valence-electron chi connectivity index (χ2n) is 14.3. The van der Waals surface area contributed by atoms with Gasteiger partial charge in [-0.25, -0.2) is 0 Å². The highest BCUT2D eigenvalue weighted by Crippen LogP contribution is 2.37. The summed E-state index contributed by atoms with van der Waals surface area (Å²) in [6.45, 7) is 6.32. The first-order valence-corrected chi connectivity index (χ1v) is 18.9. The maximum Gasteiger partial charge on any atom is 0.0541 e. The monoisotopic (exact) mass is 702 g/mol. The summed E-state index contributed by atoms with van der Waals surface area (Å²) < 4.78 is 4.68. The molecule has 0 aliphatic heterocycles. The minimum atomic E-state index is 1.13. The number of hydrogen-bond donors (Lipinski definition) is 0. The number of para-hydroxylation sites is 3. The topological polar surface area (TPSA) is 9.86 Å². The molecule has 0 N–H and O–H groups in total. The zero-order valence-electron chi connectivity index (χ0n) is 30.7. The highest BCUT2D eigenvalue weighted by molar-refractivity contribution is 6.09. The number of aromatic nitrogens is 2. The second-order valence-corrected chi connectivity index (χ2v) is 14.3. The summed E-state index contributed by atoms with van der Waals surface area (Å²) in [4.78, 5) is 0. The fourth-order valence-electron chi connectivity index (χ4n) is 8.39. The van der Waals surface area contributed by atoms with Gasteiger partial charge in [-0.15, -0.1) is 0 Å². The van der Waals surface area contributed by atoms with Crippen molar-refractivity contribution < 1.29 is 0 Å². The van der Waals surface area contributed by atoms with Gasteiger partial charge in [-0.2, -0.15) is 0 Å². The van der Waals surface area contributed by atoms with Crippen LogP contribution >= 0.6 is 0 Å². The molecule has 260 valence electrons. The van der Waals surface area contributed by atoms with Gasteiger partial charge in [0, 0.05) is 33.2 Å². The van der Waals surface area contributed by atoms with Crippen LogP contribution in [-0.2, 0) is 0 Å². The number of benzene rings is 8. The Balaban J connectivity index is 1.03. The lowest BCUT2D eigenvalue weighted by Crippen LogP contribution is -1.96. The standard InChI is InChI=1S/C53H38N2/c1-3-50-36(2)47-18-7-10-21-51(47)54(50)45-28-24-38(25-29-45)40-16-13-17-41(32-40)44-34-42(37-14-5-4-6-15-37)33-43(35-44)39-26-30-46(31-27-39)55-52-22-11-8-19-48(52)49-20-9-12-23-53(49)55/h3-35H,1H2,2H3. The summed E-state index contributed by atoms with van der Waals surface area (Å²) in [6, 6.07) is 70.5. The predicted octanol–water partition coefficient (Wildman–Crippen LogP) is 14.3. The van der Waals surface area contributed by atoms with Crippen molar-refractivity contribution in [1.29, 1.82) is 0 Å². The molecule has 2 heteroatoms. The summed E-state index contributed by atoms with van der Waals surface area (Å²) in [5, 5.41) is 3.80. The van der Waals surface area contributed by atoms with Crippen molar-refractivity contribution >= 4 is 38.8 Å². The zero-order chi connectivity index (χ0) is 36.9. The molecule has 0 saturated heterocycles. The Morgan fingerprint density at radius 1 is 0.345 bits per heavy atom. The second kappa shape index (κ2) is 13.4. The van der Waals surface area contributed by atoms with Crippen LogP contribution in [0.4, 0.5) is 0 Å². The molecule has 0 saturated carbocycles. The van der Waals surface area contributed by atoms with E-state index in [1.54, 1.807) is 0 Å². The van der Waals surface area contributed by atoms with Gasteiger partial charge in [-0.3, -0.25) is 0 Å². The number of fused-ring (bicyclic) bond motifs is 4. The van der Waals surface area contributed by atoms with Gasteiger partial charge in [0.15, 0.2) is 0 Å². The largest absolute Gasteiger partial charge is 0.310 e. The van der Waals surface area contributed by atoms with Gasteiger partial charge in [0.2, 0.25) is 0 Å². The van der Waals surface area contributed by atoms with Crippen LogP contribution in [0.2, 0.25) is 0 Å². The lowest BCUT2D eigenvalue weighted by atomic mass is 9.92. The fourth-order valence-corrected chi connectivity index (χ4v) is 8.39. The van der Waals surface area contributed by atoms with Crippen molar-refractivity contribution in [3.8, 4) is 55.9 Å². The van der Waals surface area contributed by atoms with E-state index in [-0.39, 0.29) is 0 Å². The summed E-state index contributed by atoms with van der Waals surface area (Å²) >= 11 is 0. The molecule has 8 aromatic carbocycles. The minimum absolute atomic E-state index is 1.13. The third-order valence-corrected chi connectivity index (χ3v) is 11.1. The van der Waals surface area contributed by atoms with Gasteiger partial charge in [-0.1, -0.05) is 134 Å². The van der Waals surface area contributed by atoms with Crippen LogP contribution < -0.4 is 0 Å². The number of rotatable bonds is 7. The normalized spacial score (nSPS) is 11.4. The van der Waals surface area contributed by atoms with Gasteiger partial charge < -0.3 is 9.13 Å². The Morgan fingerprint density at radius 3 is 1.29 bits per heavy atom. The van der Waals surface area contributed by atoms with Crippen molar-refractivity contribution in [2.24, 2.45) is 0 Å². The van der Waals surface area contributed by atoms with Crippen LogP contribution in [0.3, 0.4) is 0 Å². The molecule has 0 radical (unpaired) electrons. The molecule has 0 atom stereocenters. The zero-order valence-corrected chi connectivity index (χ0v) is 30.7. The van der Waals surface area contributed by atoms with E-state index >= 15 is 0 Å². The predicted molar refractivity (Wildman–Crippen MR) is 234 cm³/mol. The van der Waals surface area contributed by atoms with Crippen molar-refractivity contribution in [2.75, 3.05) is 0 Å². The Bertz CT molecular complexity index is 2980. The van der Waals surface area contributed by atoms with Crippen LogP contribution in [0, 0.1) is 6.92 Å². The minimum Gasteiger partial charge on any atom is -0.310 e. The maximum atomic E-state index is 4.14. The van der Waals surface area contributed by atoms with Gasteiger partial charge in [-0.05, 0) is 130 Å². The molecule has 0 aliphatic rings. The van der Waals surface area contributed by atoms with Crippen molar-refractivity contribution in [2.45, 2.75) is 6.92 Å². The van der Waals surface area contributed by atoms with E-state index < -0.39 is 0 Å². The molecule has 2 aromatic heterocycles. The van der Waals surface area contributed by atoms with E-state index in [1.807, 2.05) is 6.08 Å². The molecule has 0 bridgehead atoms. The average Bonchev–Trinajstić information content (AvgIpc) is 3.75. The molecule has 10 rings (SSSR count). The van der Waals surface area contributed by atoms with E-state index in [9.17, 15) is 0 Å². The van der Waals surface area contributed by atoms with E-state index in [1.165, 1.54) is 82.8 Å². The quantitative estimate of drug-likeness (QED) is 0.156. The Morgan fingerprint density at radius 2 is 0.727 bits per heavy atom. The van der Waals surface area contributed by atoms with Crippen molar-refractivity contribution in [1.82, 2.24) is 9.13 Å². The molecular formula is C53H38N2. The van der Waals surface area contributed by atoms with Gasteiger partial charge >= 0.3 is 0 Å². The first kappa shape index (κ1) is 32.5. The summed E-state index contributed by atoms with van der Waals surface area (Å²) in [6.07, 6.45) is 1.96. The Hall–Kier alpha value is -7.16. The molecule has 0 amide bonds. The first-order chi connectivity index (χ1) is 27.1. The molecule has 2 nitrogen and oxygen atoms in total. The first-order valence-electron chi connectivity index (χ1n) is 18.9. The van der Waals surface area contributed by atoms with Crippen LogP contribution in [0.5, 0.6) is 0 Å². The molecule has 2 heterocycles. The lowest BCUT2D eigenvalue weighted by Gasteiger charge is -2.14. The van der Waals surface area contributed by atoms with Crippen LogP contribution in [0.15, 0.2) is 201 Å². The van der Waals surface area contributed by atoms with Crippen LogP contribution in [0.1, 0.15) is 11.3 Å². The summed E-state index contributed by atoms with van der Waals surface area (Å²) in [5.74, 6) is 0. The average molecular weight is 703 g/mol. The molecular weight excluding hydrogens is 665 g/mol. The number of nitrogens with zero attached hydrogens (tertiary/aromatic N) is 2. The molecule has 55 heavy (non-hydrogen) atoms. The van der Waals surface area contributed by atoms with Crippen molar-refractivity contribution in [3.05, 3.63) is 212 Å². The Labute approximate surface area is 321 Å². The summed E-state index contributed by atoms with van der Waals surface area (Å²) in [5.41, 5.74) is 17.8. The molecule has 10 aromatic rings. The summed E-state index contributed by atoms with van der Waals surface area (Å²) in [7, 11) is 0. The highest BCUT2D eigenvalue weighted by Gasteiger charge is 2.15. The number of aryl methyl sites for hydroxylation is 1. The van der Waals surface area contributed by atoms with Crippen LogP contribution in [0.25, 0.3) is 94.7 Å². The Kier molecular flexibility index (Phi) is 7.89. The number of hydrogen-bond acceptors (Lipinski definition) is 0. The van der Waals surface area contributed by atoms with Gasteiger partial charge in [0.25, 0.3) is 0 Å². The van der Waals surface area contributed by atoms with Gasteiger partial charge in [0.1, 0.15) is 0 Å². The third-order valence-electron chi connectivity index (χ3n) is 11.1.